The first kappa shape index (κ1) is 33.2. The van der Waals surface area contributed by atoms with E-state index in [0.717, 1.165) is 9.87 Å². The predicted molar refractivity (Wildman–Crippen MR) is 168 cm³/mol. The fraction of sp³-hybridized carbons (Fsp3) is 0.355. The van der Waals surface area contributed by atoms with E-state index in [9.17, 15) is 18.0 Å². The largest absolute Gasteiger partial charge is 0.497 e. The van der Waals surface area contributed by atoms with Gasteiger partial charge in [-0.1, -0.05) is 73.8 Å². The molecule has 0 saturated carbocycles. The van der Waals surface area contributed by atoms with Crippen molar-refractivity contribution in [2.45, 2.75) is 51.6 Å². The summed E-state index contributed by atoms with van der Waals surface area (Å²) in [5.41, 5.74) is 1.64. The zero-order valence-electron chi connectivity index (χ0n) is 24.4. The number of nitrogens with zero attached hydrogens (tertiary/aromatic N) is 2. The quantitative estimate of drug-likeness (QED) is 0.246. The zero-order chi connectivity index (χ0) is 31.0. The molecule has 226 valence electrons. The van der Waals surface area contributed by atoms with Crippen molar-refractivity contribution in [3.05, 3.63) is 87.9 Å². The van der Waals surface area contributed by atoms with Crippen molar-refractivity contribution in [2.75, 3.05) is 24.5 Å². The monoisotopic (exact) mass is 633 g/mol. The SMILES string of the molecule is CCC(C(=O)NCC(C)C)N(Cc1cccc(OC)c1)C(=O)CN(c1cc(Cl)ccc1Cl)S(=O)(=O)c1ccc(C)cc1. The Balaban J connectivity index is 2.10. The minimum Gasteiger partial charge on any atom is -0.497 e. The minimum absolute atomic E-state index is 0.0157. The van der Waals surface area contributed by atoms with E-state index in [1.165, 1.54) is 35.2 Å². The molecule has 42 heavy (non-hydrogen) atoms. The number of ether oxygens (including phenoxy) is 1. The number of methoxy groups -OCH3 is 1. The van der Waals surface area contributed by atoms with Crippen molar-refractivity contribution in [1.82, 2.24) is 10.2 Å². The van der Waals surface area contributed by atoms with Crippen LogP contribution in [0.25, 0.3) is 0 Å². The number of rotatable bonds is 13. The number of nitrogens with one attached hydrogen (secondary N) is 1. The van der Waals surface area contributed by atoms with E-state index in [1.54, 1.807) is 44.4 Å². The molecule has 2 amide bonds. The molecular formula is C31H37Cl2N3O5S. The van der Waals surface area contributed by atoms with Gasteiger partial charge in [0.1, 0.15) is 18.3 Å². The summed E-state index contributed by atoms with van der Waals surface area (Å²) in [4.78, 5) is 28.9. The van der Waals surface area contributed by atoms with Crippen molar-refractivity contribution in [3.8, 4) is 5.75 Å². The fourth-order valence-electron chi connectivity index (χ4n) is 4.34. The number of aryl methyl sites for hydroxylation is 1. The summed E-state index contributed by atoms with van der Waals surface area (Å²) in [6, 6.07) is 17.0. The third-order valence-electron chi connectivity index (χ3n) is 6.62. The van der Waals surface area contributed by atoms with E-state index < -0.39 is 28.5 Å². The van der Waals surface area contributed by atoms with Gasteiger partial charge in [0.2, 0.25) is 11.8 Å². The maximum Gasteiger partial charge on any atom is 0.264 e. The third-order valence-corrected chi connectivity index (χ3v) is 8.95. The van der Waals surface area contributed by atoms with Crippen LogP contribution in [-0.2, 0) is 26.2 Å². The lowest BCUT2D eigenvalue weighted by Crippen LogP contribution is -2.52. The fourth-order valence-corrected chi connectivity index (χ4v) is 6.20. The van der Waals surface area contributed by atoms with Gasteiger partial charge >= 0.3 is 0 Å². The van der Waals surface area contributed by atoms with E-state index in [2.05, 4.69) is 5.32 Å². The smallest absolute Gasteiger partial charge is 0.264 e. The van der Waals surface area contributed by atoms with Crippen LogP contribution in [0.3, 0.4) is 0 Å². The molecule has 0 spiro atoms. The average Bonchev–Trinajstić information content (AvgIpc) is 2.96. The van der Waals surface area contributed by atoms with Gasteiger partial charge in [0.25, 0.3) is 10.0 Å². The standard InChI is InChI=1S/C31H37Cl2N3O5S/c1-6-28(31(38)34-18-21(2)3)35(19-23-8-7-9-25(16-23)41-5)30(37)20-36(29-17-24(32)12-15-27(29)33)42(39,40)26-13-10-22(4)11-14-26/h7-17,21,28H,6,18-20H2,1-5H3,(H,34,38). The Morgan fingerprint density at radius 2 is 1.69 bits per heavy atom. The normalized spacial score (nSPS) is 12.1. The summed E-state index contributed by atoms with van der Waals surface area (Å²) in [6.45, 7) is 7.46. The first-order chi connectivity index (χ1) is 19.9. The van der Waals surface area contributed by atoms with Gasteiger partial charge in [0.05, 0.1) is 22.7 Å². The number of carbonyl (C=O) groups excluding carboxylic acids is 2. The molecule has 1 N–H and O–H groups in total. The van der Waals surface area contributed by atoms with Crippen molar-refractivity contribution in [3.63, 3.8) is 0 Å². The van der Waals surface area contributed by atoms with Crippen LogP contribution in [0, 0.1) is 12.8 Å². The number of sulfonamides is 1. The lowest BCUT2D eigenvalue weighted by molar-refractivity contribution is -0.140. The van der Waals surface area contributed by atoms with E-state index in [4.69, 9.17) is 27.9 Å². The molecule has 0 aliphatic carbocycles. The number of halogens is 2. The Bertz CT molecular complexity index is 1500. The van der Waals surface area contributed by atoms with Crippen molar-refractivity contribution in [1.29, 1.82) is 0 Å². The molecule has 0 saturated heterocycles. The highest BCUT2D eigenvalue weighted by Crippen LogP contribution is 2.33. The van der Waals surface area contributed by atoms with Gasteiger partial charge in [-0.15, -0.1) is 0 Å². The summed E-state index contributed by atoms with van der Waals surface area (Å²) in [7, 11) is -2.73. The highest BCUT2D eigenvalue weighted by atomic mass is 35.5. The Morgan fingerprint density at radius 3 is 2.31 bits per heavy atom. The number of amides is 2. The molecular weight excluding hydrogens is 597 g/mol. The maximum absolute atomic E-state index is 14.2. The first-order valence-electron chi connectivity index (χ1n) is 13.6. The van der Waals surface area contributed by atoms with Gasteiger partial charge in [-0.3, -0.25) is 13.9 Å². The average molecular weight is 635 g/mol. The maximum atomic E-state index is 14.2. The molecule has 0 heterocycles. The Kier molecular flexibility index (Phi) is 11.7. The number of anilines is 1. The van der Waals surface area contributed by atoms with Crippen LogP contribution in [-0.4, -0.2) is 51.4 Å². The predicted octanol–water partition coefficient (Wildman–Crippen LogP) is 6.09. The molecule has 3 rings (SSSR count). The summed E-state index contributed by atoms with van der Waals surface area (Å²) in [5, 5.41) is 3.26. The third kappa shape index (κ3) is 8.40. The molecule has 0 aliphatic heterocycles. The summed E-state index contributed by atoms with van der Waals surface area (Å²) in [5.74, 6) is -0.118. The lowest BCUT2D eigenvalue weighted by Gasteiger charge is -2.33. The molecule has 11 heteroatoms. The van der Waals surface area contributed by atoms with Crippen LogP contribution in [0.4, 0.5) is 5.69 Å². The van der Waals surface area contributed by atoms with Crippen molar-refractivity contribution in [2.24, 2.45) is 5.92 Å². The number of carbonyl (C=O) groups is 2. The number of hydrogen-bond acceptors (Lipinski definition) is 5. The molecule has 0 aromatic heterocycles. The molecule has 1 atom stereocenters. The molecule has 0 aliphatic rings. The number of benzene rings is 3. The second-order valence-electron chi connectivity index (χ2n) is 10.4. The Morgan fingerprint density at radius 1 is 1.00 bits per heavy atom. The second kappa shape index (κ2) is 14.8. The molecule has 1 unspecified atom stereocenters. The molecule has 3 aromatic carbocycles. The van der Waals surface area contributed by atoms with Crippen LogP contribution in [0.1, 0.15) is 38.3 Å². The zero-order valence-corrected chi connectivity index (χ0v) is 26.8. The van der Waals surface area contributed by atoms with E-state index in [0.29, 0.717) is 24.3 Å². The van der Waals surface area contributed by atoms with Gasteiger partial charge in [-0.05, 0) is 67.3 Å². The second-order valence-corrected chi connectivity index (χ2v) is 13.1. The number of hydrogen-bond donors (Lipinski definition) is 1. The van der Waals surface area contributed by atoms with Crippen molar-refractivity contribution >= 4 is 50.7 Å². The Hall–Kier alpha value is -3.27. The van der Waals surface area contributed by atoms with Crippen LogP contribution < -0.4 is 14.4 Å². The van der Waals surface area contributed by atoms with Crippen LogP contribution in [0.5, 0.6) is 5.75 Å². The van der Waals surface area contributed by atoms with E-state index >= 15 is 0 Å². The first-order valence-corrected chi connectivity index (χ1v) is 15.8. The van der Waals surface area contributed by atoms with E-state index in [-0.39, 0.29) is 39.0 Å². The van der Waals surface area contributed by atoms with Crippen LogP contribution in [0.2, 0.25) is 10.0 Å². The van der Waals surface area contributed by atoms with Gasteiger partial charge in [-0.2, -0.15) is 0 Å². The summed E-state index contributed by atoms with van der Waals surface area (Å²) < 4.78 is 34.3. The molecule has 0 radical (unpaired) electrons. The van der Waals surface area contributed by atoms with Crippen LogP contribution in [0.15, 0.2) is 71.6 Å². The summed E-state index contributed by atoms with van der Waals surface area (Å²) >= 11 is 12.7. The van der Waals surface area contributed by atoms with E-state index in [1.807, 2.05) is 26.8 Å². The highest BCUT2D eigenvalue weighted by molar-refractivity contribution is 7.92. The topological polar surface area (TPSA) is 96.0 Å². The molecule has 0 fully saturated rings. The lowest BCUT2D eigenvalue weighted by atomic mass is 10.1. The van der Waals surface area contributed by atoms with Gasteiger partial charge < -0.3 is 15.0 Å². The Labute approximate surface area is 258 Å². The van der Waals surface area contributed by atoms with Gasteiger partial charge in [-0.25, -0.2) is 8.42 Å². The molecule has 8 nitrogen and oxygen atoms in total. The molecule has 0 bridgehead atoms. The van der Waals surface area contributed by atoms with Gasteiger partial charge in [0.15, 0.2) is 0 Å². The minimum atomic E-state index is -4.27. The summed E-state index contributed by atoms with van der Waals surface area (Å²) in [6.07, 6.45) is 0.308. The molecule has 3 aromatic rings. The van der Waals surface area contributed by atoms with Crippen LogP contribution >= 0.6 is 23.2 Å². The van der Waals surface area contributed by atoms with Gasteiger partial charge in [0, 0.05) is 18.1 Å². The van der Waals surface area contributed by atoms with Crippen molar-refractivity contribution < 1.29 is 22.7 Å². The highest BCUT2D eigenvalue weighted by Gasteiger charge is 2.34.